The van der Waals surface area contributed by atoms with Crippen molar-refractivity contribution in [3.63, 3.8) is 0 Å². The second-order valence-electron chi connectivity index (χ2n) is 9.65. The van der Waals surface area contributed by atoms with E-state index in [2.05, 4.69) is 0 Å². The summed E-state index contributed by atoms with van der Waals surface area (Å²) in [4.78, 5) is 0. The Hall–Kier alpha value is -2.76. The van der Waals surface area contributed by atoms with Gasteiger partial charge in [-0.15, -0.1) is 0 Å². The number of phenolic OH excluding ortho intramolecular Hbond substituents is 4. The van der Waals surface area contributed by atoms with E-state index in [9.17, 15) is 20.4 Å². The van der Waals surface area contributed by atoms with Crippen molar-refractivity contribution < 1.29 is 20.4 Å². The van der Waals surface area contributed by atoms with Gasteiger partial charge < -0.3 is 20.4 Å². The molecule has 0 aliphatic rings. The van der Waals surface area contributed by atoms with Crippen molar-refractivity contribution in [3.8, 4) is 23.0 Å². The summed E-state index contributed by atoms with van der Waals surface area (Å²) in [6.45, 7) is 7.34. The molecular formula is C30H26Cl4O4. The monoisotopic (exact) mass is 590 g/mol. The van der Waals surface area contributed by atoms with Crippen molar-refractivity contribution in [2.45, 2.75) is 39.5 Å². The summed E-state index contributed by atoms with van der Waals surface area (Å²) in [6.07, 6.45) is 0. The number of aryl methyl sites for hydroxylation is 4. The molecule has 0 unspecified atom stereocenters. The smallest absolute Gasteiger partial charge is 0.138 e. The van der Waals surface area contributed by atoms with Gasteiger partial charge in [0, 0.05) is 44.1 Å². The molecule has 0 aromatic heterocycles. The zero-order valence-electron chi connectivity index (χ0n) is 21.1. The molecule has 4 aromatic carbocycles. The minimum Gasteiger partial charge on any atom is -0.507 e. The molecule has 4 rings (SSSR count). The van der Waals surface area contributed by atoms with Crippen LogP contribution in [0.4, 0.5) is 0 Å². The third-order valence-corrected chi connectivity index (χ3v) is 7.75. The summed E-state index contributed by atoms with van der Waals surface area (Å²) in [5.41, 5.74) is 4.38. The van der Waals surface area contributed by atoms with Crippen LogP contribution < -0.4 is 0 Å². The first-order valence-corrected chi connectivity index (χ1v) is 13.3. The van der Waals surface area contributed by atoms with Crippen molar-refractivity contribution in [1.82, 2.24) is 0 Å². The number of hydrogen-bond donors (Lipinski definition) is 4. The Kier molecular flexibility index (Phi) is 8.02. The zero-order chi connectivity index (χ0) is 28.0. The average Bonchev–Trinajstić information content (AvgIpc) is 2.82. The summed E-state index contributed by atoms with van der Waals surface area (Å²) in [6, 6.07) is 13.2. The lowest BCUT2D eigenvalue weighted by atomic mass is 9.71. The molecule has 0 atom stereocenters. The zero-order valence-corrected chi connectivity index (χ0v) is 24.1. The fraction of sp³-hybridized carbons (Fsp3) is 0.200. The Morgan fingerprint density at radius 2 is 0.763 bits per heavy atom. The van der Waals surface area contributed by atoms with Gasteiger partial charge in [-0.1, -0.05) is 81.8 Å². The lowest BCUT2D eigenvalue weighted by molar-refractivity contribution is 0.430. The number of phenols is 4. The van der Waals surface area contributed by atoms with E-state index in [0.29, 0.717) is 22.3 Å². The van der Waals surface area contributed by atoms with Crippen LogP contribution in [0.3, 0.4) is 0 Å². The van der Waals surface area contributed by atoms with Gasteiger partial charge in [-0.3, -0.25) is 0 Å². The number of hydrogen-bond acceptors (Lipinski definition) is 4. The largest absolute Gasteiger partial charge is 0.507 e. The van der Waals surface area contributed by atoms with Gasteiger partial charge >= 0.3 is 0 Å². The Bertz CT molecular complexity index is 1330. The van der Waals surface area contributed by atoms with E-state index >= 15 is 0 Å². The van der Waals surface area contributed by atoms with Crippen LogP contribution in [-0.2, 0) is 0 Å². The first kappa shape index (κ1) is 28.3. The van der Waals surface area contributed by atoms with Gasteiger partial charge in [0.2, 0.25) is 0 Å². The van der Waals surface area contributed by atoms with E-state index in [1.54, 1.807) is 13.8 Å². The average molecular weight is 592 g/mol. The van der Waals surface area contributed by atoms with E-state index in [0.717, 1.165) is 11.1 Å². The van der Waals surface area contributed by atoms with E-state index in [4.69, 9.17) is 46.4 Å². The second-order valence-corrected chi connectivity index (χ2v) is 11.3. The summed E-state index contributed by atoms with van der Waals surface area (Å²) in [5, 5.41) is 45.7. The summed E-state index contributed by atoms with van der Waals surface area (Å²) in [7, 11) is 0. The first-order valence-electron chi connectivity index (χ1n) is 11.8. The van der Waals surface area contributed by atoms with Crippen molar-refractivity contribution in [2.24, 2.45) is 0 Å². The molecule has 0 fully saturated rings. The van der Waals surface area contributed by atoms with E-state index in [-0.39, 0.29) is 54.2 Å². The van der Waals surface area contributed by atoms with E-state index in [1.807, 2.05) is 38.1 Å². The van der Waals surface area contributed by atoms with Gasteiger partial charge in [0.15, 0.2) is 0 Å². The van der Waals surface area contributed by atoms with Crippen LogP contribution in [0.25, 0.3) is 0 Å². The molecule has 4 N–H and O–H groups in total. The van der Waals surface area contributed by atoms with Crippen LogP contribution in [0.2, 0.25) is 20.1 Å². The number of rotatable bonds is 5. The van der Waals surface area contributed by atoms with E-state index < -0.39 is 11.8 Å². The topological polar surface area (TPSA) is 80.9 Å². The predicted molar refractivity (Wildman–Crippen MR) is 155 cm³/mol. The SMILES string of the molecule is Cc1cc(C)c(O)c(C(c2cc(C)cc(C)c2O)C(c2cc(Cl)cc(Cl)c2O)c2cc(Cl)cc(Cl)c2O)c1. The lowest BCUT2D eigenvalue weighted by Gasteiger charge is -2.32. The predicted octanol–water partition coefficient (Wildman–Crippen LogP) is 9.32. The second kappa shape index (κ2) is 10.8. The fourth-order valence-electron chi connectivity index (χ4n) is 5.16. The highest BCUT2D eigenvalue weighted by Gasteiger charge is 2.37. The molecular weight excluding hydrogens is 566 g/mol. The van der Waals surface area contributed by atoms with Crippen molar-refractivity contribution in [2.75, 3.05) is 0 Å². The minimum atomic E-state index is -0.957. The van der Waals surface area contributed by atoms with Crippen molar-refractivity contribution >= 4 is 46.4 Å². The number of benzene rings is 4. The molecule has 4 nitrogen and oxygen atoms in total. The molecule has 0 radical (unpaired) electrons. The Morgan fingerprint density at radius 3 is 1.11 bits per heavy atom. The highest BCUT2D eigenvalue weighted by molar-refractivity contribution is 6.36. The Labute approximate surface area is 241 Å². The molecule has 0 aliphatic carbocycles. The van der Waals surface area contributed by atoms with Gasteiger partial charge in [-0.2, -0.15) is 0 Å². The molecule has 8 heteroatoms. The molecule has 0 saturated heterocycles. The molecule has 0 saturated carbocycles. The summed E-state index contributed by atoms with van der Waals surface area (Å²) in [5.74, 6) is -2.34. The molecule has 0 spiro atoms. The number of halogens is 4. The maximum Gasteiger partial charge on any atom is 0.138 e. The summed E-state index contributed by atoms with van der Waals surface area (Å²) >= 11 is 25.5. The molecule has 0 bridgehead atoms. The van der Waals surface area contributed by atoms with Crippen LogP contribution >= 0.6 is 46.4 Å². The van der Waals surface area contributed by atoms with Crippen LogP contribution in [0.1, 0.15) is 56.3 Å². The molecule has 0 heterocycles. The van der Waals surface area contributed by atoms with Crippen LogP contribution in [0, 0.1) is 27.7 Å². The molecule has 38 heavy (non-hydrogen) atoms. The van der Waals surface area contributed by atoms with Gasteiger partial charge in [0.25, 0.3) is 0 Å². The molecule has 0 aliphatic heterocycles. The number of aromatic hydroxyl groups is 4. The Morgan fingerprint density at radius 1 is 0.447 bits per heavy atom. The fourth-order valence-corrected chi connectivity index (χ4v) is 6.18. The van der Waals surface area contributed by atoms with Gasteiger partial charge in [0.1, 0.15) is 23.0 Å². The standard InChI is InChI=1S/C30H26Cl4O4/c1-13-5-15(3)27(35)19(7-13)25(20-8-14(2)6-16(4)28(20)36)26(21-9-17(31)11-23(33)29(21)37)22-10-18(32)12-24(34)30(22)38/h5-12,25-26,35-38H,1-4H3. The van der Waals surface area contributed by atoms with Crippen molar-refractivity contribution in [3.05, 3.63) is 113 Å². The third-order valence-electron chi connectivity index (χ3n) is 6.74. The highest BCUT2D eigenvalue weighted by atomic mass is 35.5. The maximum atomic E-state index is 11.4. The quantitative estimate of drug-likeness (QED) is 0.186. The van der Waals surface area contributed by atoms with Crippen LogP contribution in [0.5, 0.6) is 23.0 Å². The highest BCUT2D eigenvalue weighted by Crippen LogP contribution is 2.55. The normalized spacial score (nSPS) is 11.5. The first-order chi connectivity index (χ1) is 17.8. The van der Waals surface area contributed by atoms with Gasteiger partial charge in [-0.05, 0) is 63.1 Å². The van der Waals surface area contributed by atoms with Gasteiger partial charge in [-0.25, -0.2) is 0 Å². The molecule has 4 aromatic rings. The van der Waals surface area contributed by atoms with Crippen molar-refractivity contribution in [1.29, 1.82) is 0 Å². The third kappa shape index (κ3) is 5.23. The lowest BCUT2D eigenvalue weighted by Crippen LogP contribution is -2.17. The van der Waals surface area contributed by atoms with Crippen LogP contribution in [0.15, 0.2) is 48.5 Å². The van der Waals surface area contributed by atoms with Gasteiger partial charge in [0.05, 0.1) is 10.0 Å². The molecule has 0 amide bonds. The summed E-state index contributed by atoms with van der Waals surface area (Å²) < 4.78 is 0. The van der Waals surface area contributed by atoms with E-state index in [1.165, 1.54) is 24.3 Å². The van der Waals surface area contributed by atoms with Crippen LogP contribution in [-0.4, -0.2) is 20.4 Å². The maximum absolute atomic E-state index is 11.4. The minimum absolute atomic E-state index is 0.00171. The Balaban J connectivity index is 2.24. The molecule has 198 valence electrons.